The Labute approximate surface area is 139 Å². The van der Waals surface area contributed by atoms with Gasteiger partial charge in [0.1, 0.15) is 5.01 Å². The van der Waals surface area contributed by atoms with Gasteiger partial charge in [-0.25, -0.2) is 0 Å². The third-order valence-electron chi connectivity index (χ3n) is 3.20. The maximum atomic E-state index is 4.30. The fraction of sp³-hybridized carbons (Fsp3) is 0.308. The highest BCUT2D eigenvalue weighted by Gasteiger charge is 2.27. The van der Waals surface area contributed by atoms with Gasteiger partial charge in [0.15, 0.2) is 15.3 Å². The van der Waals surface area contributed by atoms with E-state index in [2.05, 4.69) is 29.9 Å². The number of nitrogens with zero attached hydrogens (tertiary/aromatic N) is 6. The number of aryl methyl sites for hydroxylation is 1. The van der Waals surface area contributed by atoms with E-state index in [1.54, 1.807) is 41.1 Å². The Balaban J connectivity index is 1.46. The molecule has 6 nitrogen and oxygen atoms in total. The van der Waals surface area contributed by atoms with Crippen molar-refractivity contribution >= 4 is 34.9 Å². The van der Waals surface area contributed by atoms with Crippen molar-refractivity contribution in [3.63, 3.8) is 0 Å². The molecule has 3 aromatic heterocycles. The Hall–Kier alpha value is -1.45. The molecule has 0 saturated heterocycles. The maximum Gasteiger partial charge on any atom is 0.191 e. The van der Waals surface area contributed by atoms with Gasteiger partial charge in [-0.05, 0) is 19.1 Å². The van der Waals surface area contributed by atoms with Gasteiger partial charge in [-0.15, -0.1) is 20.4 Å². The summed E-state index contributed by atoms with van der Waals surface area (Å²) in [5.41, 5.74) is 1.01. The summed E-state index contributed by atoms with van der Waals surface area (Å²) in [7, 11) is 0. The van der Waals surface area contributed by atoms with Crippen LogP contribution in [0.4, 0.5) is 0 Å². The van der Waals surface area contributed by atoms with Gasteiger partial charge < -0.3 is 4.57 Å². The molecule has 1 aliphatic heterocycles. The fourth-order valence-electron chi connectivity index (χ4n) is 2.23. The minimum Gasteiger partial charge on any atom is -0.301 e. The Morgan fingerprint density at radius 2 is 2.27 bits per heavy atom. The first kappa shape index (κ1) is 14.2. The number of hydrogen-bond donors (Lipinski definition) is 0. The molecule has 0 bridgehead atoms. The van der Waals surface area contributed by atoms with Gasteiger partial charge in [0.2, 0.25) is 0 Å². The lowest BCUT2D eigenvalue weighted by Crippen LogP contribution is -2.09. The van der Waals surface area contributed by atoms with E-state index in [0.29, 0.717) is 5.25 Å². The van der Waals surface area contributed by atoms with Crippen LogP contribution in [0.5, 0.6) is 0 Å². The Bertz CT molecular complexity index is 784. The second-order valence-corrected chi connectivity index (χ2v) is 8.51. The van der Waals surface area contributed by atoms with Gasteiger partial charge in [-0.2, -0.15) is 0 Å². The molecule has 0 aromatic carbocycles. The van der Waals surface area contributed by atoms with Gasteiger partial charge in [-0.1, -0.05) is 34.9 Å². The van der Waals surface area contributed by atoms with Crippen molar-refractivity contribution in [3.8, 4) is 11.4 Å². The molecule has 4 heterocycles. The standard InChI is InChI=1S/C13H12N6S3/c1-8-15-18-13(21-8)20-7-10-6-19-11(16-17-12(19)22-10)9-3-2-4-14-5-9/h2-5,10H,6-7H2,1H3. The second-order valence-electron chi connectivity index (χ2n) is 4.80. The molecule has 22 heavy (non-hydrogen) atoms. The third-order valence-corrected chi connectivity index (χ3v) is 6.70. The molecule has 112 valence electrons. The first-order valence-corrected chi connectivity index (χ1v) is 9.41. The van der Waals surface area contributed by atoms with Gasteiger partial charge in [0, 0.05) is 35.5 Å². The van der Waals surface area contributed by atoms with E-state index in [1.165, 1.54) is 0 Å². The quantitative estimate of drug-likeness (QED) is 0.671. The van der Waals surface area contributed by atoms with Crippen LogP contribution in [0, 0.1) is 6.92 Å². The van der Waals surface area contributed by atoms with Crippen molar-refractivity contribution < 1.29 is 0 Å². The van der Waals surface area contributed by atoms with Crippen LogP contribution in [0.25, 0.3) is 11.4 Å². The lowest BCUT2D eigenvalue weighted by molar-refractivity contribution is 0.678. The monoisotopic (exact) mass is 348 g/mol. The smallest absolute Gasteiger partial charge is 0.191 e. The minimum absolute atomic E-state index is 0.482. The van der Waals surface area contributed by atoms with Crippen molar-refractivity contribution in [1.29, 1.82) is 0 Å². The number of rotatable bonds is 4. The lowest BCUT2D eigenvalue weighted by Gasteiger charge is -2.06. The Morgan fingerprint density at radius 1 is 1.32 bits per heavy atom. The molecule has 1 unspecified atom stereocenters. The first-order valence-electron chi connectivity index (χ1n) is 6.73. The molecule has 0 fully saturated rings. The van der Waals surface area contributed by atoms with Crippen molar-refractivity contribution in [1.82, 2.24) is 29.9 Å². The van der Waals surface area contributed by atoms with E-state index in [9.17, 15) is 0 Å². The number of hydrogen-bond acceptors (Lipinski definition) is 8. The largest absolute Gasteiger partial charge is 0.301 e. The summed E-state index contributed by atoms with van der Waals surface area (Å²) < 4.78 is 3.21. The summed E-state index contributed by atoms with van der Waals surface area (Å²) in [6.07, 6.45) is 3.59. The maximum absolute atomic E-state index is 4.30. The number of pyridine rings is 1. The zero-order valence-corrected chi connectivity index (χ0v) is 14.2. The van der Waals surface area contributed by atoms with E-state index >= 15 is 0 Å². The minimum atomic E-state index is 0.482. The van der Waals surface area contributed by atoms with Crippen molar-refractivity contribution in [2.45, 2.75) is 28.2 Å². The lowest BCUT2D eigenvalue weighted by atomic mass is 10.2. The van der Waals surface area contributed by atoms with Crippen LogP contribution in [0.1, 0.15) is 5.01 Å². The normalized spacial score (nSPS) is 16.9. The summed E-state index contributed by atoms with van der Waals surface area (Å²) in [5.74, 6) is 1.89. The highest BCUT2D eigenvalue weighted by atomic mass is 32.2. The summed E-state index contributed by atoms with van der Waals surface area (Å²) in [6, 6.07) is 3.94. The van der Waals surface area contributed by atoms with Crippen LogP contribution < -0.4 is 0 Å². The van der Waals surface area contributed by atoms with Crippen molar-refractivity contribution in [2.75, 3.05) is 5.75 Å². The van der Waals surface area contributed by atoms with Gasteiger partial charge in [-0.3, -0.25) is 4.98 Å². The molecule has 0 radical (unpaired) electrons. The van der Waals surface area contributed by atoms with Gasteiger partial charge in [0.05, 0.1) is 0 Å². The van der Waals surface area contributed by atoms with Crippen LogP contribution >= 0.6 is 34.9 Å². The highest BCUT2D eigenvalue weighted by molar-refractivity contribution is 8.04. The summed E-state index contributed by atoms with van der Waals surface area (Å²) in [6.45, 7) is 2.90. The molecular weight excluding hydrogens is 336 g/mol. The zero-order chi connectivity index (χ0) is 14.9. The number of aromatic nitrogens is 6. The molecule has 3 aromatic rings. The number of thioether (sulfide) groups is 2. The molecule has 0 N–H and O–H groups in total. The molecule has 0 spiro atoms. The average Bonchev–Trinajstić information content (AvgIpc) is 3.21. The van der Waals surface area contributed by atoms with Crippen LogP contribution in [-0.2, 0) is 6.54 Å². The van der Waals surface area contributed by atoms with Crippen LogP contribution in [-0.4, -0.2) is 40.9 Å². The molecule has 0 amide bonds. The third kappa shape index (κ3) is 2.75. The predicted octanol–water partition coefficient (Wildman–Crippen LogP) is 2.77. The Kier molecular flexibility index (Phi) is 3.85. The molecule has 1 atom stereocenters. The van der Waals surface area contributed by atoms with E-state index in [-0.39, 0.29) is 0 Å². The van der Waals surface area contributed by atoms with Crippen LogP contribution in [0.15, 0.2) is 34.0 Å². The Morgan fingerprint density at radius 3 is 3.05 bits per heavy atom. The fourth-order valence-corrected chi connectivity index (χ4v) is 5.35. The molecule has 9 heteroatoms. The van der Waals surface area contributed by atoms with Crippen LogP contribution in [0.3, 0.4) is 0 Å². The topological polar surface area (TPSA) is 69.4 Å². The van der Waals surface area contributed by atoms with E-state index in [1.807, 2.05) is 25.3 Å². The molecular formula is C13H12N6S3. The molecule has 1 aliphatic rings. The summed E-state index contributed by atoms with van der Waals surface area (Å²) in [4.78, 5) is 4.16. The number of fused-ring (bicyclic) bond motifs is 1. The molecule has 0 saturated carbocycles. The van der Waals surface area contributed by atoms with Crippen molar-refractivity contribution in [3.05, 3.63) is 29.5 Å². The second kappa shape index (κ2) is 5.98. The van der Waals surface area contributed by atoms with Crippen molar-refractivity contribution in [2.24, 2.45) is 0 Å². The van der Waals surface area contributed by atoms with Gasteiger partial charge in [0.25, 0.3) is 0 Å². The average molecular weight is 348 g/mol. The molecule has 0 aliphatic carbocycles. The molecule has 4 rings (SSSR count). The highest BCUT2D eigenvalue weighted by Crippen LogP contribution is 2.37. The van der Waals surface area contributed by atoms with E-state index < -0.39 is 0 Å². The summed E-state index contributed by atoms with van der Waals surface area (Å²) in [5, 5.41) is 19.3. The summed E-state index contributed by atoms with van der Waals surface area (Å²) >= 11 is 5.19. The van der Waals surface area contributed by atoms with Gasteiger partial charge >= 0.3 is 0 Å². The zero-order valence-electron chi connectivity index (χ0n) is 11.7. The predicted molar refractivity (Wildman–Crippen MR) is 88.3 cm³/mol. The van der Waals surface area contributed by atoms with E-state index in [0.717, 1.165) is 38.2 Å². The van der Waals surface area contributed by atoms with Crippen LogP contribution in [0.2, 0.25) is 0 Å². The first-order chi connectivity index (χ1) is 10.8. The SMILES string of the molecule is Cc1nnc(SCC2Cn3c(nnc3-c3cccnc3)S2)s1. The van der Waals surface area contributed by atoms with E-state index in [4.69, 9.17) is 0 Å².